The molecule has 0 aromatic rings. The van der Waals surface area contributed by atoms with E-state index in [1.165, 1.54) is 64.2 Å². The lowest BCUT2D eigenvalue weighted by Crippen LogP contribution is -2.33. The molecule has 0 bridgehead atoms. The monoisotopic (exact) mass is 297 g/mol. The molecule has 0 spiro atoms. The van der Waals surface area contributed by atoms with E-state index in [9.17, 15) is 0 Å². The van der Waals surface area contributed by atoms with E-state index >= 15 is 0 Å². The topological polar surface area (TPSA) is 0 Å². The normalized spacial score (nSPS) is 11.7. The Morgan fingerprint density at radius 2 is 1.06 bits per heavy atom. The van der Waals surface area contributed by atoms with Crippen LogP contribution in [0.4, 0.5) is 0 Å². The average Bonchev–Trinajstić information content (AvgIpc) is 2.35. The average molecular weight is 298 g/mol. The second-order valence-corrected chi connectivity index (χ2v) is 17.1. The lowest BCUT2D eigenvalue weighted by Gasteiger charge is -2.17. The summed E-state index contributed by atoms with van der Waals surface area (Å²) in [4.78, 5) is 0. The summed E-state index contributed by atoms with van der Waals surface area (Å²) >= 11 is 0. The minimum Gasteiger partial charge on any atom is -0.0759 e. The van der Waals surface area contributed by atoms with Crippen molar-refractivity contribution in [3.8, 4) is 0 Å². The molecule has 3 heteroatoms. The molecule has 0 saturated carbocycles. The zero-order valence-electron chi connectivity index (χ0n) is 13.0. The standard InChI is InChI=1S/C15H33Si3/c1-4-6-8-10-12-14-18(17(3)16)15-13-11-9-7-5-2/h4-15H2,1-3H3. The van der Waals surface area contributed by atoms with Gasteiger partial charge in [-0.1, -0.05) is 96.7 Å². The molecule has 0 aliphatic carbocycles. The molecule has 105 valence electrons. The molecule has 0 amide bonds. The van der Waals surface area contributed by atoms with Crippen molar-refractivity contribution in [2.24, 2.45) is 0 Å². The number of hydrogen-bond acceptors (Lipinski definition) is 0. The van der Waals surface area contributed by atoms with Crippen LogP contribution in [0.5, 0.6) is 0 Å². The first-order chi connectivity index (χ1) is 8.72. The highest BCUT2D eigenvalue weighted by Gasteiger charge is 2.15. The Morgan fingerprint density at radius 3 is 1.39 bits per heavy atom. The van der Waals surface area contributed by atoms with Crippen LogP contribution >= 0.6 is 0 Å². The summed E-state index contributed by atoms with van der Waals surface area (Å²) < 4.78 is 0. The van der Waals surface area contributed by atoms with E-state index in [0.29, 0.717) is 0 Å². The van der Waals surface area contributed by atoms with E-state index in [1.54, 1.807) is 12.1 Å². The van der Waals surface area contributed by atoms with Gasteiger partial charge < -0.3 is 0 Å². The Kier molecular flexibility index (Phi) is 14.6. The van der Waals surface area contributed by atoms with Gasteiger partial charge in [0.15, 0.2) is 0 Å². The van der Waals surface area contributed by atoms with Crippen molar-refractivity contribution in [3.63, 3.8) is 0 Å². The smallest absolute Gasteiger partial charge is 0.0337 e. The highest BCUT2D eigenvalue weighted by Crippen LogP contribution is 2.15. The Bertz CT molecular complexity index is 146. The number of hydrogen-bond donors (Lipinski definition) is 0. The molecular weight excluding hydrogens is 264 g/mol. The van der Waals surface area contributed by atoms with Gasteiger partial charge in [0.2, 0.25) is 0 Å². The maximum atomic E-state index is 4.01. The molecular formula is C15H33Si3. The van der Waals surface area contributed by atoms with Crippen LogP contribution in [-0.4, -0.2) is 25.9 Å². The van der Waals surface area contributed by atoms with E-state index in [2.05, 4.69) is 30.2 Å². The first-order valence-corrected chi connectivity index (χ1v) is 14.5. The number of rotatable bonds is 13. The molecule has 0 unspecified atom stereocenters. The summed E-state index contributed by atoms with van der Waals surface area (Å²) in [7, 11) is 3.83. The fourth-order valence-electron chi connectivity index (χ4n) is 2.38. The Balaban J connectivity index is 3.53. The van der Waals surface area contributed by atoms with Gasteiger partial charge in [0.25, 0.3) is 0 Å². The zero-order valence-corrected chi connectivity index (χ0v) is 16.0. The molecule has 5 radical (unpaired) electrons. The SMILES string of the molecule is CCCCCCC[Si](CCCCCCC)[Si](C)[Si]. The molecule has 0 aromatic carbocycles. The van der Waals surface area contributed by atoms with Crippen LogP contribution < -0.4 is 0 Å². The maximum Gasteiger partial charge on any atom is 0.0337 e. The Hall–Kier alpha value is 0.651. The second-order valence-electron chi connectivity index (χ2n) is 5.56. The van der Waals surface area contributed by atoms with E-state index in [1.807, 2.05) is 0 Å². The summed E-state index contributed by atoms with van der Waals surface area (Å²) in [6.07, 6.45) is 14.6. The van der Waals surface area contributed by atoms with Crippen LogP contribution in [0.15, 0.2) is 0 Å². The van der Waals surface area contributed by atoms with Crippen molar-refractivity contribution >= 4 is 25.9 Å². The maximum absolute atomic E-state index is 4.01. The third-order valence-electron chi connectivity index (χ3n) is 3.69. The zero-order chi connectivity index (χ0) is 13.6. The molecule has 0 aliphatic heterocycles. The largest absolute Gasteiger partial charge is 0.0759 e. The van der Waals surface area contributed by atoms with Gasteiger partial charge in [0, 0.05) is 25.9 Å². The van der Waals surface area contributed by atoms with Crippen LogP contribution in [0, 0.1) is 0 Å². The molecule has 0 saturated heterocycles. The van der Waals surface area contributed by atoms with Crippen LogP contribution in [0.2, 0.25) is 18.6 Å². The first kappa shape index (κ1) is 18.7. The van der Waals surface area contributed by atoms with Gasteiger partial charge in [-0.3, -0.25) is 0 Å². The highest BCUT2D eigenvalue weighted by atomic mass is 29.6. The molecule has 0 atom stereocenters. The van der Waals surface area contributed by atoms with Gasteiger partial charge in [-0.25, -0.2) is 0 Å². The van der Waals surface area contributed by atoms with Crippen LogP contribution in [0.1, 0.15) is 78.1 Å². The van der Waals surface area contributed by atoms with Crippen molar-refractivity contribution in [2.75, 3.05) is 0 Å². The van der Waals surface area contributed by atoms with Crippen LogP contribution in [0.25, 0.3) is 0 Å². The highest BCUT2D eigenvalue weighted by molar-refractivity contribution is 7.40. The predicted octanol–water partition coefficient (Wildman–Crippen LogP) is 5.29. The van der Waals surface area contributed by atoms with Gasteiger partial charge in [0.1, 0.15) is 0 Å². The minimum atomic E-state index is -0.151. The van der Waals surface area contributed by atoms with Gasteiger partial charge in [-0.15, -0.1) is 0 Å². The Labute approximate surface area is 123 Å². The molecule has 0 fully saturated rings. The molecule has 18 heavy (non-hydrogen) atoms. The van der Waals surface area contributed by atoms with Crippen molar-refractivity contribution in [1.29, 1.82) is 0 Å². The van der Waals surface area contributed by atoms with E-state index < -0.39 is 0 Å². The third kappa shape index (κ3) is 11.7. The van der Waals surface area contributed by atoms with E-state index in [4.69, 9.17) is 0 Å². The fraction of sp³-hybridized carbons (Fsp3) is 1.00. The van der Waals surface area contributed by atoms with Crippen molar-refractivity contribution in [3.05, 3.63) is 0 Å². The molecule has 0 aliphatic rings. The summed E-state index contributed by atoms with van der Waals surface area (Å²) in [6, 6.07) is 3.16. The molecule has 0 rings (SSSR count). The summed E-state index contributed by atoms with van der Waals surface area (Å²) in [5, 5.41) is 0. The summed E-state index contributed by atoms with van der Waals surface area (Å²) in [6.45, 7) is 7.08. The second kappa shape index (κ2) is 14.1. The Morgan fingerprint density at radius 1 is 0.667 bits per heavy atom. The van der Waals surface area contributed by atoms with Crippen molar-refractivity contribution < 1.29 is 0 Å². The quantitative estimate of drug-likeness (QED) is 0.320. The summed E-state index contributed by atoms with van der Waals surface area (Å²) in [5.41, 5.74) is 0. The van der Waals surface area contributed by atoms with Gasteiger partial charge in [0.05, 0.1) is 0 Å². The molecule has 0 heterocycles. The van der Waals surface area contributed by atoms with Gasteiger partial charge in [-0.2, -0.15) is 0 Å². The predicted molar refractivity (Wildman–Crippen MR) is 90.3 cm³/mol. The molecule has 0 aromatic heterocycles. The molecule has 0 N–H and O–H groups in total. The summed E-state index contributed by atoms with van der Waals surface area (Å²) in [5.74, 6) is 0. The van der Waals surface area contributed by atoms with Gasteiger partial charge in [-0.05, 0) is 0 Å². The van der Waals surface area contributed by atoms with Crippen LogP contribution in [0.3, 0.4) is 0 Å². The lowest BCUT2D eigenvalue weighted by molar-refractivity contribution is 0.647. The third-order valence-corrected chi connectivity index (χ3v) is 14.5. The van der Waals surface area contributed by atoms with Gasteiger partial charge >= 0.3 is 0 Å². The van der Waals surface area contributed by atoms with E-state index in [0.717, 1.165) is 0 Å². The first-order valence-electron chi connectivity index (χ1n) is 8.12. The van der Waals surface area contributed by atoms with Crippen molar-refractivity contribution in [1.82, 2.24) is 0 Å². The van der Waals surface area contributed by atoms with Crippen molar-refractivity contribution in [2.45, 2.75) is 96.7 Å². The minimum absolute atomic E-state index is 0.0204. The lowest BCUT2D eigenvalue weighted by atomic mass is 10.2. The van der Waals surface area contributed by atoms with E-state index in [-0.39, 0.29) is 16.1 Å². The molecule has 0 nitrogen and oxygen atoms in total. The fourth-order valence-corrected chi connectivity index (χ4v) is 10.3. The van der Waals surface area contributed by atoms with Crippen LogP contribution in [-0.2, 0) is 0 Å². The number of unbranched alkanes of at least 4 members (excludes halogenated alkanes) is 8.